The standard InChI is InChI=1S/C21H26N6OS/c1-14-7-8-15(2)18(10-14)27-16(3)24-25-21(27)29-13-20(28)22-11-17-12-26-9-5-4-6-19(26)23-17/h7-8,10,12H,4-6,9,11,13H2,1-3H3,(H,22,28). The Morgan fingerprint density at radius 3 is 2.90 bits per heavy atom. The molecule has 8 heteroatoms. The lowest BCUT2D eigenvalue weighted by Crippen LogP contribution is -2.25. The number of amides is 1. The Morgan fingerprint density at radius 1 is 1.21 bits per heavy atom. The smallest absolute Gasteiger partial charge is 0.230 e. The minimum absolute atomic E-state index is 0.0332. The van der Waals surface area contributed by atoms with Crippen LogP contribution in [0.15, 0.2) is 29.6 Å². The summed E-state index contributed by atoms with van der Waals surface area (Å²) in [7, 11) is 0. The minimum Gasteiger partial charge on any atom is -0.350 e. The van der Waals surface area contributed by atoms with Crippen LogP contribution in [-0.2, 0) is 24.3 Å². The van der Waals surface area contributed by atoms with Crippen molar-refractivity contribution in [1.82, 2.24) is 29.6 Å². The van der Waals surface area contributed by atoms with E-state index in [4.69, 9.17) is 0 Å². The molecule has 0 bridgehead atoms. The van der Waals surface area contributed by atoms with Crippen LogP contribution in [-0.4, -0.2) is 36.0 Å². The van der Waals surface area contributed by atoms with Crippen LogP contribution in [0.25, 0.3) is 5.69 Å². The molecule has 4 rings (SSSR count). The maximum atomic E-state index is 12.4. The van der Waals surface area contributed by atoms with E-state index in [9.17, 15) is 4.79 Å². The van der Waals surface area contributed by atoms with Crippen LogP contribution in [0.4, 0.5) is 0 Å². The van der Waals surface area contributed by atoms with Crippen molar-refractivity contribution in [3.8, 4) is 5.69 Å². The monoisotopic (exact) mass is 410 g/mol. The van der Waals surface area contributed by atoms with Gasteiger partial charge in [-0.05, 0) is 50.8 Å². The fourth-order valence-corrected chi connectivity index (χ4v) is 4.42. The van der Waals surface area contributed by atoms with Gasteiger partial charge in [-0.3, -0.25) is 9.36 Å². The summed E-state index contributed by atoms with van der Waals surface area (Å²) in [5.41, 5.74) is 4.30. The summed E-state index contributed by atoms with van der Waals surface area (Å²) in [6, 6.07) is 6.30. The molecule has 3 heterocycles. The lowest BCUT2D eigenvalue weighted by molar-refractivity contribution is -0.118. The molecular weight excluding hydrogens is 384 g/mol. The average molecular weight is 411 g/mol. The van der Waals surface area contributed by atoms with Gasteiger partial charge in [0.2, 0.25) is 5.91 Å². The summed E-state index contributed by atoms with van der Waals surface area (Å²) < 4.78 is 4.22. The van der Waals surface area contributed by atoms with Gasteiger partial charge in [-0.1, -0.05) is 23.9 Å². The van der Waals surface area contributed by atoms with E-state index in [1.807, 2.05) is 11.5 Å². The molecule has 0 aliphatic carbocycles. The second kappa shape index (κ2) is 8.41. The van der Waals surface area contributed by atoms with Gasteiger partial charge in [-0.25, -0.2) is 4.98 Å². The van der Waals surface area contributed by atoms with Crippen LogP contribution in [0.5, 0.6) is 0 Å². The highest BCUT2D eigenvalue weighted by Gasteiger charge is 2.16. The van der Waals surface area contributed by atoms with E-state index < -0.39 is 0 Å². The summed E-state index contributed by atoms with van der Waals surface area (Å²) in [4.78, 5) is 17.0. The minimum atomic E-state index is -0.0332. The normalized spacial score (nSPS) is 13.3. The van der Waals surface area contributed by atoms with E-state index in [0.29, 0.717) is 6.54 Å². The van der Waals surface area contributed by atoms with Gasteiger partial charge >= 0.3 is 0 Å². The SMILES string of the molecule is Cc1ccc(C)c(-n2c(C)nnc2SCC(=O)NCc2cn3c(n2)CCCC3)c1. The van der Waals surface area contributed by atoms with Gasteiger partial charge in [-0.2, -0.15) is 0 Å². The van der Waals surface area contributed by atoms with E-state index in [-0.39, 0.29) is 11.7 Å². The molecule has 0 fully saturated rings. The molecule has 0 spiro atoms. The first kappa shape index (κ1) is 19.7. The second-order valence-corrected chi connectivity index (χ2v) is 8.46. The number of carbonyl (C=O) groups excluding carboxylic acids is 1. The number of thioether (sulfide) groups is 1. The van der Waals surface area contributed by atoms with E-state index >= 15 is 0 Å². The molecule has 1 N–H and O–H groups in total. The van der Waals surface area contributed by atoms with Crippen molar-refractivity contribution in [2.75, 3.05) is 5.75 Å². The predicted octanol–water partition coefficient (Wildman–Crippen LogP) is 3.13. The number of fused-ring (bicyclic) bond motifs is 1. The zero-order valence-corrected chi connectivity index (χ0v) is 17.9. The van der Waals surface area contributed by atoms with E-state index in [1.54, 1.807) is 0 Å². The highest BCUT2D eigenvalue weighted by Crippen LogP contribution is 2.24. The third kappa shape index (κ3) is 4.37. The Bertz CT molecular complexity index is 1010. The van der Waals surface area contributed by atoms with Crippen molar-refractivity contribution >= 4 is 17.7 Å². The number of imidazole rings is 1. The van der Waals surface area contributed by atoms with Crippen LogP contribution in [0, 0.1) is 20.8 Å². The number of nitrogens with zero attached hydrogens (tertiary/aromatic N) is 5. The highest BCUT2D eigenvalue weighted by atomic mass is 32.2. The number of benzene rings is 1. The molecule has 0 radical (unpaired) electrons. The molecule has 7 nitrogen and oxygen atoms in total. The van der Waals surface area contributed by atoms with Crippen molar-refractivity contribution in [3.63, 3.8) is 0 Å². The molecule has 0 saturated carbocycles. The van der Waals surface area contributed by atoms with Crippen molar-refractivity contribution in [1.29, 1.82) is 0 Å². The van der Waals surface area contributed by atoms with Crippen LogP contribution in [0.1, 0.15) is 41.3 Å². The number of hydrogen-bond acceptors (Lipinski definition) is 5. The Hall–Kier alpha value is -2.61. The summed E-state index contributed by atoms with van der Waals surface area (Å²) in [6.45, 7) is 7.55. The Kier molecular flexibility index (Phi) is 5.71. The van der Waals surface area contributed by atoms with Crippen LogP contribution >= 0.6 is 11.8 Å². The molecule has 0 unspecified atom stereocenters. The number of carbonyl (C=O) groups is 1. The summed E-state index contributed by atoms with van der Waals surface area (Å²) >= 11 is 1.40. The zero-order valence-electron chi connectivity index (χ0n) is 17.1. The fourth-order valence-electron chi connectivity index (χ4n) is 3.60. The van der Waals surface area contributed by atoms with Crippen molar-refractivity contribution in [3.05, 3.63) is 52.9 Å². The van der Waals surface area contributed by atoms with Crippen LogP contribution in [0.3, 0.4) is 0 Å². The van der Waals surface area contributed by atoms with E-state index in [1.165, 1.54) is 30.2 Å². The number of rotatable bonds is 6. The lowest BCUT2D eigenvalue weighted by Gasteiger charge is -2.12. The van der Waals surface area contributed by atoms with E-state index in [0.717, 1.165) is 46.7 Å². The first-order valence-corrected chi connectivity index (χ1v) is 10.9. The number of hydrogen-bond donors (Lipinski definition) is 1. The average Bonchev–Trinajstić information content (AvgIpc) is 3.29. The molecule has 1 aliphatic heterocycles. The Labute approximate surface area is 174 Å². The van der Waals surface area contributed by atoms with Gasteiger partial charge in [0.25, 0.3) is 0 Å². The molecule has 1 aromatic carbocycles. The Morgan fingerprint density at radius 2 is 2.07 bits per heavy atom. The third-order valence-corrected chi connectivity index (χ3v) is 6.09. The number of aryl methyl sites for hydroxylation is 5. The molecular formula is C21H26N6OS. The molecule has 1 aliphatic rings. The highest BCUT2D eigenvalue weighted by molar-refractivity contribution is 7.99. The topological polar surface area (TPSA) is 77.6 Å². The second-order valence-electron chi connectivity index (χ2n) is 7.52. The molecule has 2 aromatic heterocycles. The van der Waals surface area contributed by atoms with Gasteiger partial charge in [0.1, 0.15) is 11.6 Å². The maximum absolute atomic E-state index is 12.4. The molecule has 29 heavy (non-hydrogen) atoms. The fraction of sp³-hybridized carbons (Fsp3) is 0.429. The van der Waals surface area contributed by atoms with Crippen LogP contribution < -0.4 is 5.32 Å². The van der Waals surface area contributed by atoms with E-state index in [2.05, 4.69) is 63.3 Å². The molecule has 152 valence electrons. The van der Waals surface area contributed by atoms with Crippen molar-refractivity contribution in [2.24, 2.45) is 0 Å². The largest absolute Gasteiger partial charge is 0.350 e. The summed E-state index contributed by atoms with van der Waals surface area (Å²) in [5, 5.41) is 12.2. The molecule has 0 saturated heterocycles. The summed E-state index contributed by atoms with van der Waals surface area (Å²) in [5.74, 6) is 2.20. The maximum Gasteiger partial charge on any atom is 0.230 e. The van der Waals surface area contributed by atoms with Gasteiger partial charge in [0.15, 0.2) is 5.16 Å². The third-order valence-electron chi connectivity index (χ3n) is 5.16. The van der Waals surface area contributed by atoms with Gasteiger partial charge in [0, 0.05) is 19.2 Å². The summed E-state index contributed by atoms with van der Waals surface area (Å²) in [6.07, 6.45) is 5.48. The van der Waals surface area contributed by atoms with Crippen LogP contribution in [0.2, 0.25) is 0 Å². The van der Waals surface area contributed by atoms with Crippen molar-refractivity contribution < 1.29 is 4.79 Å². The molecule has 3 aromatic rings. The first-order chi connectivity index (χ1) is 14.0. The van der Waals surface area contributed by atoms with Gasteiger partial charge in [0.05, 0.1) is 23.7 Å². The Balaban J connectivity index is 1.38. The zero-order chi connectivity index (χ0) is 20.4. The van der Waals surface area contributed by atoms with Gasteiger partial charge in [-0.15, -0.1) is 10.2 Å². The molecule has 1 amide bonds. The first-order valence-electron chi connectivity index (χ1n) is 9.95. The quantitative estimate of drug-likeness (QED) is 0.632. The molecule has 0 atom stereocenters. The van der Waals surface area contributed by atoms with Gasteiger partial charge < -0.3 is 9.88 Å². The number of aromatic nitrogens is 5. The number of nitrogens with one attached hydrogen (secondary N) is 1. The van der Waals surface area contributed by atoms with Crippen molar-refractivity contribution in [2.45, 2.75) is 58.3 Å². The predicted molar refractivity (Wildman–Crippen MR) is 113 cm³/mol. The lowest BCUT2D eigenvalue weighted by atomic mass is 10.1.